The second kappa shape index (κ2) is 5.09. The first-order chi connectivity index (χ1) is 3.77. The van der Waals surface area contributed by atoms with Crippen LogP contribution in [-0.4, -0.2) is 23.9 Å². The standard InChI is InChI=1S/C3H6NO2PS/c5-3(6)1-4-2-7-8/h4H,1-2H2,(H,5,6). The summed E-state index contributed by atoms with van der Waals surface area (Å²) in [5.74, 6) is -0.844. The molecule has 0 unspecified atom stereocenters. The van der Waals surface area contributed by atoms with Gasteiger partial charge in [-0.1, -0.05) is 11.8 Å². The summed E-state index contributed by atoms with van der Waals surface area (Å²) in [7, 11) is 0.759. The Morgan fingerprint density at radius 1 is 1.88 bits per heavy atom. The number of carboxylic acids is 1. The molecular formula is C3H6NO2PS. The molecule has 8 heavy (non-hydrogen) atoms. The minimum absolute atomic E-state index is 0.00361. The second-order valence-electron chi connectivity index (χ2n) is 1.11. The molecule has 0 fully saturated rings. The van der Waals surface area contributed by atoms with Crippen molar-refractivity contribution in [2.45, 2.75) is 0 Å². The van der Waals surface area contributed by atoms with Crippen molar-refractivity contribution in [1.82, 2.24) is 5.32 Å². The first-order valence-electron chi connectivity index (χ1n) is 1.99. The van der Waals surface area contributed by atoms with Crippen molar-refractivity contribution in [3.8, 4) is 0 Å². The van der Waals surface area contributed by atoms with Crippen LogP contribution in [0.2, 0.25) is 0 Å². The Bertz CT molecular complexity index is 97.3. The van der Waals surface area contributed by atoms with Crippen LogP contribution >= 0.6 is 7.36 Å². The van der Waals surface area contributed by atoms with Crippen LogP contribution in [0.4, 0.5) is 0 Å². The van der Waals surface area contributed by atoms with E-state index in [1.165, 1.54) is 0 Å². The molecular weight excluding hydrogens is 145 g/mol. The zero-order chi connectivity index (χ0) is 6.41. The van der Waals surface area contributed by atoms with Gasteiger partial charge in [0.05, 0.1) is 6.54 Å². The summed E-state index contributed by atoms with van der Waals surface area (Å²) < 4.78 is 0. The first kappa shape index (κ1) is 7.95. The van der Waals surface area contributed by atoms with E-state index < -0.39 is 5.97 Å². The first-order valence-corrected chi connectivity index (χ1v) is 4.08. The molecule has 0 aliphatic heterocycles. The van der Waals surface area contributed by atoms with Gasteiger partial charge in [0.25, 0.3) is 0 Å². The normalized spacial score (nSPS) is 9.50. The summed E-state index contributed by atoms with van der Waals surface area (Å²) in [6.45, 7) is 0.00361. The number of carboxylic acid groups (broad SMARTS) is 1. The number of nitrogens with one attached hydrogen (secondary N) is 1. The molecule has 46 valence electrons. The van der Waals surface area contributed by atoms with Crippen molar-refractivity contribution in [3.05, 3.63) is 0 Å². The molecule has 0 atom stereocenters. The van der Waals surface area contributed by atoms with Gasteiger partial charge in [0.15, 0.2) is 0 Å². The zero-order valence-corrected chi connectivity index (χ0v) is 5.84. The Balaban J connectivity index is 2.93. The third kappa shape index (κ3) is 5.95. The highest BCUT2D eigenvalue weighted by atomic mass is 32.4. The van der Waals surface area contributed by atoms with Crippen molar-refractivity contribution in [2.75, 3.05) is 12.8 Å². The molecule has 0 bridgehead atoms. The fraction of sp³-hybridized carbons (Fsp3) is 0.667. The predicted octanol–water partition coefficient (Wildman–Crippen LogP) is 0.0262. The van der Waals surface area contributed by atoms with E-state index in [1.54, 1.807) is 0 Å². The van der Waals surface area contributed by atoms with E-state index >= 15 is 0 Å². The van der Waals surface area contributed by atoms with E-state index in [0.717, 1.165) is 7.36 Å². The highest BCUT2D eigenvalue weighted by Gasteiger charge is 1.90. The fourth-order valence-electron chi connectivity index (χ4n) is 0.208. The van der Waals surface area contributed by atoms with Gasteiger partial charge in [0.1, 0.15) is 0 Å². The van der Waals surface area contributed by atoms with Gasteiger partial charge in [0, 0.05) is 6.29 Å². The lowest BCUT2D eigenvalue weighted by atomic mass is 10.7. The van der Waals surface area contributed by atoms with Crippen LogP contribution in [0.5, 0.6) is 0 Å². The van der Waals surface area contributed by atoms with E-state index in [0.29, 0.717) is 6.29 Å². The average molecular weight is 151 g/mol. The largest absolute Gasteiger partial charge is 0.480 e. The molecule has 0 spiro atoms. The molecule has 0 amide bonds. The maximum Gasteiger partial charge on any atom is 0.317 e. The van der Waals surface area contributed by atoms with E-state index in [4.69, 9.17) is 5.11 Å². The third-order valence-electron chi connectivity index (χ3n) is 0.453. The Morgan fingerprint density at radius 2 is 2.50 bits per heavy atom. The van der Waals surface area contributed by atoms with Crippen molar-refractivity contribution in [2.24, 2.45) is 0 Å². The van der Waals surface area contributed by atoms with Crippen LogP contribution in [0.1, 0.15) is 0 Å². The van der Waals surface area contributed by atoms with Gasteiger partial charge in [-0.25, -0.2) is 0 Å². The lowest BCUT2D eigenvalue weighted by molar-refractivity contribution is -0.135. The SMILES string of the molecule is O=C(O)CNCP=S. The monoisotopic (exact) mass is 151 g/mol. The molecule has 5 heteroatoms. The molecule has 2 N–H and O–H groups in total. The number of rotatable bonds is 4. The van der Waals surface area contributed by atoms with Crippen LogP contribution in [0.3, 0.4) is 0 Å². The van der Waals surface area contributed by atoms with E-state index in [2.05, 4.69) is 17.1 Å². The summed E-state index contributed by atoms with van der Waals surface area (Å²) >= 11 is 4.52. The number of carbonyl (C=O) groups is 1. The molecule has 0 radical (unpaired) electrons. The summed E-state index contributed by atoms with van der Waals surface area (Å²) in [4.78, 5) is 9.77. The lowest BCUT2D eigenvalue weighted by Crippen LogP contribution is -2.20. The fourth-order valence-corrected chi connectivity index (χ4v) is 0.685. The number of hydrogen-bond donors (Lipinski definition) is 2. The highest BCUT2D eigenvalue weighted by molar-refractivity contribution is 7.96. The van der Waals surface area contributed by atoms with Crippen LogP contribution in [0, 0.1) is 0 Å². The van der Waals surface area contributed by atoms with E-state index in [1.807, 2.05) is 0 Å². The minimum Gasteiger partial charge on any atom is -0.480 e. The predicted molar refractivity (Wildman–Crippen MR) is 34.8 cm³/mol. The summed E-state index contributed by atoms with van der Waals surface area (Å²) in [6.07, 6.45) is 0.571. The van der Waals surface area contributed by atoms with Gasteiger partial charge in [0.2, 0.25) is 0 Å². The zero-order valence-electron chi connectivity index (χ0n) is 4.13. The molecule has 0 aliphatic carbocycles. The lowest BCUT2D eigenvalue weighted by Gasteiger charge is -1.90. The number of hydrogen-bond acceptors (Lipinski definition) is 3. The molecule has 0 aromatic rings. The van der Waals surface area contributed by atoms with Crippen LogP contribution in [0.15, 0.2) is 0 Å². The van der Waals surface area contributed by atoms with Crippen LogP contribution in [-0.2, 0) is 16.6 Å². The quantitative estimate of drug-likeness (QED) is 0.439. The van der Waals surface area contributed by atoms with Gasteiger partial charge >= 0.3 is 5.97 Å². The Morgan fingerprint density at radius 3 is 2.88 bits per heavy atom. The van der Waals surface area contributed by atoms with Gasteiger partial charge < -0.3 is 5.11 Å². The summed E-state index contributed by atoms with van der Waals surface area (Å²) in [6, 6.07) is 0. The Labute approximate surface area is 53.9 Å². The smallest absolute Gasteiger partial charge is 0.317 e. The van der Waals surface area contributed by atoms with Crippen molar-refractivity contribution in [3.63, 3.8) is 0 Å². The van der Waals surface area contributed by atoms with Crippen molar-refractivity contribution >= 4 is 25.1 Å². The molecule has 0 aliphatic rings. The molecule has 0 aromatic carbocycles. The molecule has 0 heterocycles. The van der Waals surface area contributed by atoms with Gasteiger partial charge in [-0.2, -0.15) is 0 Å². The Kier molecular flexibility index (Phi) is 5.06. The average Bonchev–Trinajstić information content (AvgIpc) is 1.66. The van der Waals surface area contributed by atoms with Crippen LogP contribution < -0.4 is 5.32 Å². The van der Waals surface area contributed by atoms with Gasteiger partial charge in [-0.15, -0.1) is 0 Å². The maximum atomic E-state index is 9.77. The summed E-state index contributed by atoms with van der Waals surface area (Å²) in [5.41, 5.74) is 0. The van der Waals surface area contributed by atoms with Crippen molar-refractivity contribution in [1.29, 1.82) is 0 Å². The highest BCUT2D eigenvalue weighted by Crippen LogP contribution is 1.82. The minimum atomic E-state index is -0.844. The second-order valence-corrected chi connectivity index (χ2v) is 2.46. The van der Waals surface area contributed by atoms with Crippen LogP contribution in [0.25, 0.3) is 0 Å². The van der Waals surface area contributed by atoms with E-state index in [9.17, 15) is 4.79 Å². The van der Waals surface area contributed by atoms with Gasteiger partial charge in [-0.05, 0) is 7.36 Å². The van der Waals surface area contributed by atoms with E-state index in [-0.39, 0.29) is 6.54 Å². The Hall–Kier alpha value is -0.0500. The maximum absolute atomic E-state index is 9.77. The third-order valence-corrected chi connectivity index (χ3v) is 1.19. The molecule has 0 saturated carbocycles. The topological polar surface area (TPSA) is 49.3 Å². The molecule has 0 aromatic heterocycles. The van der Waals surface area contributed by atoms with Crippen molar-refractivity contribution < 1.29 is 9.90 Å². The van der Waals surface area contributed by atoms with Gasteiger partial charge in [-0.3, -0.25) is 10.1 Å². The molecule has 0 saturated heterocycles. The molecule has 3 nitrogen and oxygen atoms in total. The molecule has 0 rings (SSSR count). The number of aliphatic carboxylic acids is 1. The summed E-state index contributed by atoms with van der Waals surface area (Å²) in [5, 5.41) is 10.7.